The van der Waals surface area contributed by atoms with E-state index in [1.165, 1.54) is 0 Å². The van der Waals surface area contributed by atoms with Crippen LogP contribution in [0.4, 0.5) is 5.69 Å². The summed E-state index contributed by atoms with van der Waals surface area (Å²) in [7, 11) is 0. The molecular formula is C18H15Cl2N3O. The normalized spacial score (nSPS) is 10.6. The first kappa shape index (κ1) is 16.6. The Morgan fingerprint density at radius 3 is 2.42 bits per heavy atom. The summed E-state index contributed by atoms with van der Waals surface area (Å²) in [6.45, 7) is 2.28. The number of nitrogens with one attached hydrogen (secondary N) is 1. The van der Waals surface area contributed by atoms with E-state index in [0.717, 1.165) is 5.56 Å². The van der Waals surface area contributed by atoms with E-state index in [4.69, 9.17) is 23.2 Å². The topological polar surface area (TPSA) is 46.9 Å². The number of nitrogens with zero attached hydrogens (tertiary/aromatic N) is 2. The van der Waals surface area contributed by atoms with Gasteiger partial charge in [-0.3, -0.25) is 4.79 Å². The molecule has 4 nitrogen and oxygen atoms in total. The summed E-state index contributed by atoms with van der Waals surface area (Å²) in [4.78, 5) is 12.5. The maximum Gasteiger partial charge on any atom is 0.260 e. The van der Waals surface area contributed by atoms with Gasteiger partial charge in [0.1, 0.15) is 5.15 Å². The number of hydrogen-bond acceptors (Lipinski definition) is 2. The van der Waals surface area contributed by atoms with Gasteiger partial charge in [-0.15, -0.1) is 0 Å². The highest BCUT2D eigenvalue weighted by molar-refractivity contribution is 6.33. The van der Waals surface area contributed by atoms with Crippen LogP contribution in [0.1, 0.15) is 21.6 Å². The number of amides is 1. The van der Waals surface area contributed by atoms with Crippen LogP contribution in [0.5, 0.6) is 0 Å². The molecule has 2 aromatic carbocycles. The summed E-state index contributed by atoms with van der Waals surface area (Å²) < 4.78 is 1.63. The van der Waals surface area contributed by atoms with Crippen molar-refractivity contribution in [2.24, 2.45) is 0 Å². The molecule has 0 aliphatic heterocycles. The minimum Gasteiger partial charge on any atom is -0.322 e. The summed E-state index contributed by atoms with van der Waals surface area (Å²) in [6.07, 6.45) is 0. The molecular weight excluding hydrogens is 345 g/mol. The molecule has 1 N–H and O–H groups in total. The lowest BCUT2D eigenvalue weighted by Crippen LogP contribution is -2.13. The Labute approximate surface area is 150 Å². The van der Waals surface area contributed by atoms with E-state index >= 15 is 0 Å². The predicted octanol–water partition coefficient (Wildman–Crippen LogP) is 4.80. The van der Waals surface area contributed by atoms with E-state index < -0.39 is 0 Å². The largest absolute Gasteiger partial charge is 0.322 e. The van der Waals surface area contributed by atoms with Crippen molar-refractivity contribution in [1.29, 1.82) is 0 Å². The monoisotopic (exact) mass is 359 g/mol. The molecule has 122 valence electrons. The zero-order chi connectivity index (χ0) is 17.1. The lowest BCUT2D eigenvalue weighted by molar-refractivity contribution is 0.102. The zero-order valence-electron chi connectivity index (χ0n) is 13.0. The molecule has 0 unspecified atom stereocenters. The van der Waals surface area contributed by atoms with Crippen molar-refractivity contribution >= 4 is 34.8 Å². The van der Waals surface area contributed by atoms with Crippen molar-refractivity contribution in [2.75, 3.05) is 5.32 Å². The Morgan fingerprint density at radius 2 is 1.75 bits per heavy atom. The maximum atomic E-state index is 12.5. The van der Waals surface area contributed by atoms with Gasteiger partial charge >= 0.3 is 0 Å². The first-order valence-corrected chi connectivity index (χ1v) is 8.14. The quantitative estimate of drug-likeness (QED) is 0.727. The van der Waals surface area contributed by atoms with Crippen LogP contribution >= 0.6 is 23.2 Å². The fourth-order valence-corrected chi connectivity index (χ4v) is 2.85. The van der Waals surface area contributed by atoms with E-state index in [1.54, 1.807) is 35.9 Å². The molecule has 0 atom stereocenters. The molecule has 3 aromatic rings. The second-order valence-electron chi connectivity index (χ2n) is 5.36. The van der Waals surface area contributed by atoms with Crippen molar-refractivity contribution in [3.8, 4) is 0 Å². The smallest absolute Gasteiger partial charge is 0.260 e. The van der Waals surface area contributed by atoms with Crippen LogP contribution in [0.3, 0.4) is 0 Å². The molecule has 0 radical (unpaired) electrons. The van der Waals surface area contributed by atoms with Gasteiger partial charge in [-0.05, 0) is 36.8 Å². The molecule has 0 aliphatic rings. The second-order valence-corrected chi connectivity index (χ2v) is 6.15. The lowest BCUT2D eigenvalue weighted by Gasteiger charge is -2.06. The summed E-state index contributed by atoms with van der Waals surface area (Å²) in [6, 6.07) is 16.7. The van der Waals surface area contributed by atoms with Crippen molar-refractivity contribution in [3.63, 3.8) is 0 Å². The number of rotatable bonds is 4. The minimum atomic E-state index is -0.292. The van der Waals surface area contributed by atoms with Gasteiger partial charge < -0.3 is 5.32 Å². The number of carbonyl (C=O) groups is 1. The van der Waals surface area contributed by atoms with E-state index in [9.17, 15) is 4.79 Å². The van der Waals surface area contributed by atoms with Crippen LogP contribution in [-0.2, 0) is 6.54 Å². The molecule has 0 fully saturated rings. The third-order valence-corrected chi connectivity index (χ3v) is 4.21. The molecule has 3 rings (SSSR count). The Bertz CT molecular complexity index is 858. The third-order valence-electron chi connectivity index (χ3n) is 3.57. The van der Waals surface area contributed by atoms with Gasteiger partial charge in [0.25, 0.3) is 5.91 Å². The number of aromatic nitrogens is 2. The number of anilines is 1. The first-order valence-electron chi connectivity index (χ1n) is 7.38. The van der Waals surface area contributed by atoms with Gasteiger partial charge in [0, 0.05) is 10.7 Å². The lowest BCUT2D eigenvalue weighted by atomic mass is 10.2. The fourth-order valence-electron chi connectivity index (χ4n) is 2.40. The highest BCUT2D eigenvalue weighted by atomic mass is 35.5. The number of benzene rings is 2. The molecule has 1 amide bonds. The average molecular weight is 360 g/mol. The van der Waals surface area contributed by atoms with Gasteiger partial charge in [-0.25, -0.2) is 4.68 Å². The summed E-state index contributed by atoms with van der Waals surface area (Å²) in [5.41, 5.74) is 2.67. The summed E-state index contributed by atoms with van der Waals surface area (Å²) >= 11 is 12.2. The Hall–Kier alpha value is -2.30. The maximum absolute atomic E-state index is 12.5. The van der Waals surface area contributed by atoms with Crippen LogP contribution in [-0.4, -0.2) is 15.7 Å². The van der Waals surface area contributed by atoms with Gasteiger partial charge in [-0.2, -0.15) is 5.10 Å². The van der Waals surface area contributed by atoms with E-state index in [-0.39, 0.29) is 5.91 Å². The van der Waals surface area contributed by atoms with Crippen LogP contribution in [0.25, 0.3) is 0 Å². The van der Waals surface area contributed by atoms with Gasteiger partial charge in [0.05, 0.1) is 17.8 Å². The van der Waals surface area contributed by atoms with E-state index in [1.807, 2.05) is 30.3 Å². The Balaban J connectivity index is 1.83. The highest BCUT2D eigenvalue weighted by Crippen LogP contribution is 2.23. The Morgan fingerprint density at radius 1 is 1.08 bits per heavy atom. The number of aryl methyl sites for hydroxylation is 1. The van der Waals surface area contributed by atoms with E-state index in [2.05, 4.69) is 10.4 Å². The average Bonchev–Trinajstić information content (AvgIpc) is 2.84. The van der Waals surface area contributed by atoms with Crippen LogP contribution < -0.4 is 5.32 Å². The molecule has 0 aliphatic carbocycles. The Kier molecular flexibility index (Phi) is 4.88. The highest BCUT2D eigenvalue weighted by Gasteiger charge is 2.20. The van der Waals surface area contributed by atoms with Crippen LogP contribution in [0, 0.1) is 6.92 Å². The standard InChI is InChI=1S/C18H15Cl2N3O/c1-12-16(18(24)21-15-9-7-14(19)8-10-15)17(20)23(22-12)11-13-5-3-2-4-6-13/h2-10H,11H2,1H3,(H,21,24). The SMILES string of the molecule is Cc1nn(Cc2ccccc2)c(Cl)c1C(=O)Nc1ccc(Cl)cc1. The van der Waals surface area contributed by atoms with Gasteiger partial charge in [-0.1, -0.05) is 53.5 Å². The van der Waals surface area contributed by atoms with Crippen molar-refractivity contribution in [1.82, 2.24) is 9.78 Å². The predicted molar refractivity (Wildman–Crippen MR) is 96.9 cm³/mol. The van der Waals surface area contributed by atoms with Crippen molar-refractivity contribution in [2.45, 2.75) is 13.5 Å². The molecule has 0 saturated heterocycles. The fraction of sp³-hybridized carbons (Fsp3) is 0.111. The van der Waals surface area contributed by atoms with Crippen molar-refractivity contribution in [3.05, 3.63) is 81.6 Å². The summed E-state index contributed by atoms with van der Waals surface area (Å²) in [5, 5.41) is 8.13. The molecule has 24 heavy (non-hydrogen) atoms. The molecule has 1 aromatic heterocycles. The molecule has 1 heterocycles. The first-order chi connectivity index (χ1) is 11.5. The number of carbonyl (C=O) groups excluding carboxylic acids is 1. The second kappa shape index (κ2) is 7.07. The minimum absolute atomic E-state index is 0.292. The summed E-state index contributed by atoms with van der Waals surface area (Å²) in [5.74, 6) is -0.292. The third kappa shape index (κ3) is 3.61. The molecule has 6 heteroatoms. The number of halogens is 2. The van der Waals surface area contributed by atoms with E-state index in [0.29, 0.717) is 33.7 Å². The van der Waals surface area contributed by atoms with Gasteiger partial charge in [0.2, 0.25) is 0 Å². The molecule has 0 spiro atoms. The van der Waals surface area contributed by atoms with Crippen molar-refractivity contribution < 1.29 is 4.79 Å². The molecule has 0 saturated carbocycles. The van der Waals surface area contributed by atoms with Gasteiger partial charge in [0.15, 0.2) is 0 Å². The molecule has 0 bridgehead atoms. The van der Waals surface area contributed by atoms with Crippen LogP contribution in [0.2, 0.25) is 10.2 Å². The number of hydrogen-bond donors (Lipinski definition) is 1. The zero-order valence-corrected chi connectivity index (χ0v) is 14.5. The van der Waals surface area contributed by atoms with Crippen LogP contribution in [0.15, 0.2) is 54.6 Å².